The minimum absolute atomic E-state index is 0. The normalized spacial score (nSPS) is 13.0. The average molecular weight is 189 g/mol. The van der Waals surface area contributed by atoms with Crippen LogP contribution in [0.2, 0.25) is 0 Å². The zero-order valence-electron chi connectivity index (χ0n) is 9.09. The SMILES string of the molecule is COC(C)C(=O)NCCCC(C)C.[HH]. The molecule has 0 fully saturated rings. The molecule has 1 N–H and O–H groups in total. The fourth-order valence-corrected chi connectivity index (χ4v) is 0.973. The molecule has 0 spiro atoms. The van der Waals surface area contributed by atoms with Crippen molar-refractivity contribution in [3.05, 3.63) is 0 Å². The van der Waals surface area contributed by atoms with Gasteiger partial charge in [0.15, 0.2) is 0 Å². The van der Waals surface area contributed by atoms with Crippen molar-refractivity contribution < 1.29 is 11.0 Å². The van der Waals surface area contributed by atoms with E-state index in [9.17, 15) is 4.79 Å². The van der Waals surface area contributed by atoms with E-state index in [1.165, 1.54) is 0 Å². The maximum Gasteiger partial charge on any atom is 0.248 e. The fourth-order valence-electron chi connectivity index (χ4n) is 0.973. The van der Waals surface area contributed by atoms with Gasteiger partial charge in [0.05, 0.1) is 0 Å². The molecule has 0 radical (unpaired) electrons. The molecule has 1 atom stereocenters. The van der Waals surface area contributed by atoms with E-state index in [2.05, 4.69) is 19.2 Å². The Morgan fingerprint density at radius 3 is 2.54 bits per heavy atom. The Balaban J connectivity index is 0. The largest absolute Gasteiger partial charge is 0.372 e. The lowest BCUT2D eigenvalue weighted by Gasteiger charge is -2.10. The van der Waals surface area contributed by atoms with Crippen LogP contribution >= 0.6 is 0 Å². The summed E-state index contributed by atoms with van der Waals surface area (Å²) < 4.78 is 4.88. The third-order valence-electron chi connectivity index (χ3n) is 1.98. The molecule has 3 nitrogen and oxygen atoms in total. The standard InChI is InChI=1S/C10H21NO2.H2/c1-8(2)6-5-7-11-10(12)9(3)13-4;/h8-9H,5-7H2,1-4H3,(H,11,12);1H. The van der Waals surface area contributed by atoms with Crippen LogP contribution in [-0.4, -0.2) is 25.7 Å². The molecule has 0 rings (SSSR count). The maximum atomic E-state index is 11.2. The summed E-state index contributed by atoms with van der Waals surface area (Å²) >= 11 is 0. The first kappa shape index (κ1) is 12.4. The molecule has 0 aromatic carbocycles. The van der Waals surface area contributed by atoms with Crippen LogP contribution in [0.15, 0.2) is 0 Å². The summed E-state index contributed by atoms with van der Waals surface area (Å²) in [7, 11) is 1.54. The molecule has 0 aliphatic carbocycles. The molecule has 0 heterocycles. The van der Waals surface area contributed by atoms with Gasteiger partial charge < -0.3 is 10.1 Å². The Kier molecular flexibility index (Phi) is 6.59. The van der Waals surface area contributed by atoms with Crippen LogP contribution in [0, 0.1) is 5.92 Å². The van der Waals surface area contributed by atoms with Crippen LogP contribution in [0.4, 0.5) is 0 Å². The van der Waals surface area contributed by atoms with E-state index in [-0.39, 0.29) is 13.4 Å². The number of carbonyl (C=O) groups excluding carboxylic acids is 1. The Labute approximate surface area is 82.3 Å². The van der Waals surface area contributed by atoms with Crippen molar-refractivity contribution >= 4 is 5.91 Å². The van der Waals surface area contributed by atoms with Gasteiger partial charge in [0.1, 0.15) is 6.10 Å². The quantitative estimate of drug-likeness (QED) is 0.647. The van der Waals surface area contributed by atoms with Gasteiger partial charge in [-0.25, -0.2) is 0 Å². The molecule has 1 amide bonds. The van der Waals surface area contributed by atoms with Crippen molar-refractivity contribution in [2.24, 2.45) is 5.92 Å². The number of rotatable bonds is 6. The van der Waals surface area contributed by atoms with Crippen LogP contribution in [0.3, 0.4) is 0 Å². The summed E-state index contributed by atoms with van der Waals surface area (Å²) in [6.45, 7) is 6.86. The number of methoxy groups -OCH3 is 1. The number of ether oxygens (including phenoxy) is 1. The molecule has 0 aliphatic heterocycles. The molecular formula is C10H23NO2. The Hall–Kier alpha value is -0.570. The maximum absolute atomic E-state index is 11.2. The van der Waals surface area contributed by atoms with Gasteiger partial charge in [-0.15, -0.1) is 0 Å². The Morgan fingerprint density at radius 2 is 2.08 bits per heavy atom. The minimum Gasteiger partial charge on any atom is -0.372 e. The third-order valence-corrected chi connectivity index (χ3v) is 1.98. The number of nitrogens with one attached hydrogen (secondary N) is 1. The Morgan fingerprint density at radius 1 is 1.46 bits per heavy atom. The molecule has 0 bridgehead atoms. The summed E-state index contributed by atoms with van der Waals surface area (Å²) in [6, 6.07) is 0. The van der Waals surface area contributed by atoms with Crippen molar-refractivity contribution in [1.29, 1.82) is 0 Å². The second-order valence-electron chi connectivity index (χ2n) is 3.71. The fraction of sp³-hybridized carbons (Fsp3) is 0.900. The molecule has 0 saturated carbocycles. The zero-order valence-corrected chi connectivity index (χ0v) is 9.09. The highest BCUT2D eigenvalue weighted by Crippen LogP contribution is 2.01. The minimum atomic E-state index is -0.334. The second-order valence-corrected chi connectivity index (χ2v) is 3.71. The van der Waals surface area contributed by atoms with Gasteiger partial charge in [0.2, 0.25) is 5.91 Å². The van der Waals surface area contributed by atoms with E-state index < -0.39 is 0 Å². The van der Waals surface area contributed by atoms with E-state index >= 15 is 0 Å². The number of hydrogen-bond donors (Lipinski definition) is 1. The second kappa shape index (κ2) is 6.89. The van der Waals surface area contributed by atoms with Crippen molar-refractivity contribution in [2.45, 2.75) is 39.7 Å². The molecule has 0 aliphatic rings. The van der Waals surface area contributed by atoms with Crippen LogP contribution in [0.5, 0.6) is 0 Å². The summed E-state index contributed by atoms with van der Waals surface area (Å²) in [5.74, 6) is 0.683. The summed E-state index contributed by atoms with van der Waals surface area (Å²) in [6.07, 6.45) is 1.86. The van der Waals surface area contributed by atoms with E-state index in [1.54, 1.807) is 14.0 Å². The van der Waals surface area contributed by atoms with E-state index in [0.717, 1.165) is 19.4 Å². The number of amides is 1. The van der Waals surface area contributed by atoms with E-state index in [4.69, 9.17) is 4.74 Å². The first-order chi connectivity index (χ1) is 6.07. The molecule has 80 valence electrons. The van der Waals surface area contributed by atoms with Gasteiger partial charge in [0.25, 0.3) is 0 Å². The highest BCUT2D eigenvalue weighted by Gasteiger charge is 2.09. The number of carbonyl (C=O) groups is 1. The third kappa shape index (κ3) is 6.58. The van der Waals surface area contributed by atoms with Crippen molar-refractivity contribution in [3.63, 3.8) is 0 Å². The van der Waals surface area contributed by atoms with Gasteiger partial charge in [-0.1, -0.05) is 13.8 Å². The molecule has 0 aromatic heterocycles. The van der Waals surface area contributed by atoms with Crippen LogP contribution in [0.1, 0.15) is 35.0 Å². The monoisotopic (exact) mass is 189 g/mol. The van der Waals surface area contributed by atoms with Crippen molar-refractivity contribution in [1.82, 2.24) is 5.32 Å². The highest BCUT2D eigenvalue weighted by atomic mass is 16.5. The predicted octanol–water partition coefficient (Wildman–Crippen LogP) is 1.82. The summed E-state index contributed by atoms with van der Waals surface area (Å²) in [5, 5.41) is 2.82. The predicted molar refractivity (Wildman–Crippen MR) is 55.7 cm³/mol. The van der Waals surface area contributed by atoms with Gasteiger partial charge in [-0.3, -0.25) is 4.79 Å². The first-order valence-corrected chi connectivity index (χ1v) is 4.88. The van der Waals surface area contributed by atoms with E-state index in [1.807, 2.05) is 0 Å². The van der Waals surface area contributed by atoms with Crippen molar-refractivity contribution in [2.75, 3.05) is 13.7 Å². The molecule has 3 heteroatoms. The lowest BCUT2D eigenvalue weighted by atomic mass is 10.1. The average Bonchev–Trinajstić information content (AvgIpc) is 2.10. The Bertz CT molecular complexity index is 151. The van der Waals surface area contributed by atoms with Gasteiger partial charge in [-0.2, -0.15) is 0 Å². The molecular weight excluding hydrogens is 166 g/mol. The van der Waals surface area contributed by atoms with Gasteiger partial charge in [0, 0.05) is 15.1 Å². The molecule has 0 aromatic rings. The molecule has 0 saturated heterocycles. The molecule has 1 unspecified atom stereocenters. The lowest BCUT2D eigenvalue weighted by molar-refractivity contribution is -0.130. The smallest absolute Gasteiger partial charge is 0.248 e. The summed E-state index contributed by atoms with van der Waals surface area (Å²) in [4.78, 5) is 11.2. The van der Waals surface area contributed by atoms with Gasteiger partial charge >= 0.3 is 0 Å². The van der Waals surface area contributed by atoms with Crippen molar-refractivity contribution in [3.8, 4) is 0 Å². The topological polar surface area (TPSA) is 38.3 Å². The van der Waals surface area contributed by atoms with Crippen LogP contribution < -0.4 is 5.32 Å². The first-order valence-electron chi connectivity index (χ1n) is 4.88. The van der Waals surface area contributed by atoms with Crippen LogP contribution in [-0.2, 0) is 9.53 Å². The number of hydrogen-bond acceptors (Lipinski definition) is 2. The van der Waals surface area contributed by atoms with E-state index in [0.29, 0.717) is 5.92 Å². The van der Waals surface area contributed by atoms with Gasteiger partial charge in [-0.05, 0) is 25.7 Å². The zero-order chi connectivity index (χ0) is 10.3. The summed E-state index contributed by atoms with van der Waals surface area (Å²) in [5.41, 5.74) is 0. The highest BCUT2D eigenvalue weighted by molar-refractivity contribution is 5.80. The van der Waals surface area contributed by atoms with Crippen LogP contribution in [0.25, 0.3) is 0 Å². The lowest BCUT2D eigenvalue weighted by Crippen LogP contribution is -2.34. The molecule has 13 heavy (non-hydrogen) atoms.